The Labute approximate surface area is 373 Å². The number of halogens is 2. The number of fused-ring (bicyclic) bond motifs is 3. The molecule has 0 spiro atoms. The van der Waals surface area contributed by atoms with Crippen molar-refractivity contribution in [2.24, 2.45) is 14.1 Å². The second-order valence-electron chi connectivity index (χ2n) is 15.2. The number of sulfone groups is 1. The lowest BCUT2D eigenvalue weighted by Gasteiger charge is -2.13. The van der Waals surface area contributed by atoms with Gasteiger partial charge in [0.25, 0.3) is 0 Å². The van der Waals surface area contributed by atoms with Gasteiger partial charge in [0.15, 0.2) is 9.84 Å². The van der Waals surface area contributed by atoms with Crippen molar-refractivity contribution in [3.05, 3.63) is 123 Å². The second kappa shape index (κ2) is 18.3. The van der Waals surface area contributed by atoms with Crippen molar-refractivity contribution < 1.29 is 27.4 Å². The Balaban J connectivity index is 1.10. The fourth-order valence-corrected chi connectivity index (χ4v) is 11.4. The minimum atomic E-state index is -3.70. The van der Waals surface area contributed by atoms with Crippen LogP contribution in [-0.2, 0) is 70.6 Å². The summed E-state index contributed by atoms with van der Waals surface area (Å²) in [7, 11) is 1.61. The van der Waals surface area contributed by atoms with Gasteiger partial charge in [-0.3, -0.25) is 9.36 Å². The van der Waals surface area contributed by atoms with E-state index in [1.807, 2.05) is 52.7 Å². The van der Waals surface area contributed by atoms with Crippen molar-refractivity contribution >= 4 is 76.8 Å². The maximum Gasteiger partial charge on any atom is 0.355 e. The Bertz CT molecular complexity index is 2870. The molecule has 0 saturated heterocycles. The van der Waals surface area contributed by atoms with E-state index < -0.39 is 15.8 Å². The summed E-state index contributed by atoms with van der Waals surface area (Å²) >= 11 is 12.3. The van der Waals surface area contributed by atoms with Crippen LogP contribution < -0.4 is 9.47 Å². The minimum absolute atomic E-state index is 0.211. The molecule has 15 heteroatoms. The van der Waals surface area contributed by atoms with Crippen molar-refractivity contribution in [1.29, 1.82) is 0 Å². The summed E-state index contributed by atoms with van der Waals surface area (Å²) in [6.07, 6.45) is 2.73. The molecule has 0 fully saturated rings. The summed E-state index contributed by atoms with van der Waals surface area (Å²) in [5, 5.41) is 13.3. The monoisotopic (exact) mass is 943 g/mol. The zero-order valence-corrected chi connectivity index (χ0v) is 38.5. The van der Waals surface area contributed by atoms with Crippen molar-refractivity contribution in [3.63, 3.8) is 0 Å². The van der Waals surface area contributed by atoms with Crippen LogP contribution in [0.5, 0.6) is 11.5 Å². The highest BCUT2D eigenvalue weighted by atomic mass is 79.9. The molecule has 8 rings (SSSR count). The molecule has 0 amide bonds. The number of carbonyl (C=O) groups excluding carboxylic acids is 1. The Hall–Kier alpha value is -4.76. The highest BCUT2D eigenvalue weighted by Crippen LogP contribution is 2.44. The van der Waals surface area contributed by atoms with E-state index in [4.69, 9.17) is 30.9 Å². The number of nitrogens with zero attached hydrogens (tertiary/aromatic N) is 5. The number of carbonyl (C=O) groups is 1. The molecule has 61 heavy (non-hydrogen) atoms. The van der Waals surface area contributed by atoms with Crippen molar-refractivity contribution in [1.82, 2.24) is 24.1 Å². The summed E-state index contributed by atoms with van der Waals surface area (Å²) in [5.41, 5.74) is 7.28. The molecule has 3 aromatic heterocycles. The van der Waals surface area contributed by atoms with Gasteiger partial charge in [-0.05, 0) is 85.5 Å². The SMILES string of the molecule is CCOC(=O)c1c(CCCOc2cc(SCc3ccc(OC)cc3)cc3ccccc23)c2ccc(Cl)c(-c3c(CS(=O)(=O)Cc4cc(CBr)n(C)n4)nn4c3CCC4)c2n1C. The van der Waals surface area contributed by atoms with E-state index in [0.717, 1.165) is 73.6 Å². The molecule has 318 valence electrons. The van der Waals surface area contributed by atoms with Gasteiger partial charge in [0.05, 0.1) is 53.8 Å². The summed E-state index contributed by atoms with van der Waals surface area (Å²) < 4.78 is 50.7. The first-order chi connectivity index (χ1) is 29.5. The van der Waals surface area contributed by atoms with Gasteiger partial charge >= 0.3 is 5.97 Å². The number of benzene rings is 4. The molecule has 4 heterocycles. The molecule has 1 aliphatic heterocycles. The van der Waals surface area contributed by atoms with Crippen molar-refractivity contribution in [3.8, 4) is 22.6 Å². The molecule has 11 nitrogen and oxygen atoms in total. The summed E-state index contributed by atoms with van der Waals surface area (Å²) in [6.45, 7) is 3.08. The highest BCUT2D eigenvalue weighted by molar-refractivity contribution is 9.08. The molecule has 0 bridgehead atoms. The lowest BCUT2D eigenvalue weighted by atomic mass is 9.97. The third-order valence-corrected chi connectivity index (χ3v) is 14.5. The second-order valence-corrected chi connectivity index (χ2v) is 19.2. The van der Waals surface area contributed by atoms with Crippen molar-refractivity contribution in [2.45, 2.75) is 66.6 Å². The van der Waals surface area contributed by atoms with Crippen LogP contribution in [0.25, 0.3) is 32.8 Å². The smallest absolute Gasteiger partial charge is 0.355 e. The van der Waals surface area contributed by atoms with Gasteiger partial charge in [0.2, 0.25) is 0 Å². The first-order valence-corrected chi connectivity index (χ1v) is 24.5. The standard InChI is InChI=1S/C46H47BrClN5O6S2/c1-5-58-46(54)45-36(12-9-21-59-41-24-34(22-30-10-6-7-11-35(30)41)60-26-29-14-16-33(57-4)17-15-29)37-18-19-38(48)42(44(37)51(45)2)43-39(50-53-20-8-13-40(43)53)28-61(55,56)27-31-23-32(25-47)52(3)49-31/h6-7,10-11,14-19,22-24H,5,8-9,12-13,20-21,25-28H2,1-4H3. The fourth-order valence-electron chi connectivity index (χ4n) is 8.35. The molecule has 4 aromatic carbocycles. The van der Waals surface area contributed by atoms with Crippen LogP contribution in [0, 0.1) is 0 Å². The van der Waals surface area contributed by atoms with E-state index in [-0.39, 0.29) is 18.1 Å². The van der Waals surface area contributed by atoms with Gasteiger partial charge in [-0.15, -0.1) is 11.8 Å². The van der Waals surface area contributed by atoms with E-state index >= 15 is 0 Å². The first-order valence-electron chi connectivity index (χ1n) is 20.2. The van der Waals surface area contributed by atoms with Gasteiger partial charge in [0, 0.05) is 69.9 Å². The molecule has 0 radical (unpaired) electrons. The lowest BCUT2D eigenvalue weighted by Crippen LogP contribution is -2.13. The van der Waals surface area contributed by atoms with E-state index in [1.165, 1.54) is 5.56 Å². The molecule has 7 aromatic rings. The topological polar surface area (TPSA) is 119 Å². The summed E-state index contributed by atoms with van der Waals surface area (Å²) in [6, 6.07) is 26.2. The molecular formula is C46H47BrClN5O6S2. The lowest BCUT2D eigenvalue weighted by molar-refractivity contribution is 0.0514. The van der Waals surface area contributed by atoms with Crippen LogP contribution >= 0.6 is 39.3 Å². The number of aromatic nitrogens is 5. The maximum atomic E-state index is 13.8. The average molecular weight is 945 g/mol. The third-order valence-electron chi connectivity index (χ3n) is 11.1. The maximum absolute atomic E-state index is 13.8. The number of methoxy groups -OCH3 is 1. The van der Waals surface area contributed by atoms with Crippen LogP contribution in [0.15, 0.2) is 83.8 Å². The normalized spacial score (nSPS) is 12.7. The molecule has 0 N–H and O–H groups in total. The number of hydrogen-bond acceptors (Lipinski definition) is 9. The van der Waals surface area contributed by atoms with Gasteiger partial charge in [-0.2, -0.15) is 10.2 Å². The first kappa shape index (κ1) is 42.9. The Morgan fingerprint density at radius 3 is 2.52 bits per heavy atom. The zero-order valence-electron chi connectivity index (χ0n) is 34.5. The number of hydrogen-bond donors (Lipinski definition) is 0. The quantitative estimate of drug-likeness (QED) is 0.0380. The average Bonchev–Trinajstić information content (AvgIpc) is 4.00. The largest absolute Gasteiger partial charge is 0.497 e. The van der Waals surface area contributed by atoms with Crippen LogP contribution in [-0.4, -0.2) is 58.8 Å². The van der Waals surface area contributed by atoms with Gasteiger partial charge < -0.3 is 18.8 Å². The number of ether oxygens (including phenoxy) is 3. The predicted octanol–water partition coefficient (Wildman–Crippen LogP) is 10.0. The number of esters is 1. The number of alkyl halides is 1. The minimum Gasteiger partial charge on any atom is -0.497 e. The number of thioether (sulfide) groups is 1. The van der Waals surface area contributed by atoms with Gasteiger partial charge in [-0.1, -0.05) is 70.0 Å². The van der Waals surface area contributed by atoms with Gasteiger partial charge in [0.1, 0.15) is 17.2 Å². The van der Waals surface area contributed by atoms with Crippen LogP contribution in [0.3, 0.4) is 0 Å². The Morgan fingerprint density at radius 1 is 0.967 bits per heavy atom. The fraction of sp³-hybridized carbons (Fsp3) is 0.326. The summed E-state index contributed by atoms with van der Waals surface area (Å²) in [5.74, 6) is 1.49. The molecular weight excluding hydrogens is 898 g/mol. The molecule has 1 aliphatic rings. The number of rotatable bonds is 17. The molecule has 0 aliphatic carbocycles. The van der Waals surface area contributed by atoms with Crippen LogP contribution in [0.2, 0.25) is 5.02 Å². The Kier molecular flexibility index (Phi) is 12.9. The highest BCUT2D eigenvalue weighted by Gasteiger charge is 2.32. The van der Waals surface area contributed by atoms with E-state index in [2.05, 4.69) is 57.4 Å². The van der Waals surface area contributed by atoms with E-state index in [9.17, 15) is 13.2 Å². The zero-order chi connectivity index (χ0) is 42.8. The van der Waals surface area contributed by atoms with Crippen LogP contribution in [0.4, 0.5) is 0 Å². The summed E-state index contributed by atoms with van der Waals surface area (Å²) in [4.78, 5) is 14.9. The van der Waals surface area contributed by atoms with Gasteiger partial charge in [-0.25, -0.2) is 13.2 Å². The molecule has 0 saturated carbocycles. The van der Waals surface area contributed by atoms with Crippen LogP contribution in [0.1, 0.15) is 64.2 Å². The predicted molar refractivity (Wildman–Crippen MR) is 246 cm³/mol. The molecule has 0 atom stereocenters. The van der Waals surface area contributed by atoms with E-state index in [1.54, 1.807) is 43.6 Å². The Morgan fingerprint density at radius 2 is 1.77 bits per heavy atom. The van der Waals surface area contributed by atoms with E-state index in [0.29, 0.717) is 64.6 Å². The molecule has 0 unspecified atom stereocenters. The third kappa shape index (κ3) is 8.95. The van der Waals surface area contributed by atoms with Crippen molar-refractivity contribution in [2.75, 3.05) is 20.3 Å². The number of aryl methyl sites for hydroxylation is 4.